The van der Waals surface area contributed by atoms with Crippen LogP contribution in [0.15, 0.2) is 59.5 Å². The van der Waals surface area contributed by atoms with Gasteiger partial charge in [0.25, 0.3) is 0 Å². The number of benzene rings is 2. The van der Waals surface area contributed by atoms with Crippen molar-refractivity contribution in [3.63, 3.8) is 0 Å². The van der Waals surface area contributed by atoms with Crippen molar-refractivity contribution in [2.45, 2.75) is 4.90 Å². The van der Waals surface area contributed by atoms with Crippen LogP contribution >= 0.6 is 11.9 Å². The molecule has 0 saturated carbocycles. The van der Waals surface area contributed by atoms with Crippen LogP contribution in [-0.2, 0) is 21.1 Å². The Morgan fingerprint density at radius 3 is 2.25 bits per heavy atom. The molecule has 0 aliphatic carbocycles. The van der Waals surface area contributed by atoms with Crippen molar-refractivity contribution >= 4 is 11.9 Å². The molecule has 16 heavy (non-hydrogen) atoms. The third-order valence-electron chi connectivity index (χ3n) is 1.90. The summed E-state index contributed by atoms with van der Waals surface area (Å²) in [6.07, 6.45) is 0. The summed E-state index contributed by atoms with van der Waals surface area (Å²) in [6, 6.07) is 17.1. The minimum atomic E-state index is 0. The molecule has 0 aromatic heterocycles. The van der Waals surface area contributed by atoms with E-state index in [-0.39, 0.29) is 21.1 Å². The summed E-state index contributed by atoms with van der Waals surface area (Å²) in [5.41, 5.74) is 0. The SMILES string of the molecule is [NH-]Sc1cccc(Oc2ccccc2)c1.[W]. The number of ether oxygens (including phenoxy) is 1. The van der Waals surface area contributed by atoms with Gasteiger partial charge in [-0.3, -0.25) is 11.9 Å². The third kappa shape index (κ3) is 3.67. The van der Waals surface area contributed by atoms with Gasteiger partial charge in [-0.05, 0) is 35.2 Å². The van der Waals surface area contributed by atoms with Gasteiger partial charge in [0.2, 0.25) is 0 Å². The van der Waals surface area contributed by atoms with Crippen LogP contribution in [0.4, 0.5) is 0 Å². The Hall–Kier alpha value is -0.762. The van der Waals surface area contributed by atoms with Crippen LogP contribution in [0.25, 0.3) is 5.14 Å². The van der Waals surface area contributed by atoms with E-state index in [2.05, 4.69) is 0 Å². The van der Waals surface area contributed by atoms with Gasteiger partial charge >= 0.3 is 0 Å². The van der Waals surface area contributed by atoms with E-state index >= 15 is 0 Å². The number of rotatable bonds is 3. The van der Waals surface area contributed by atoms with Crippen LogP contribution in [0.2, 0.25) is 0 Å². The third-order valence-corrected chi connectivity index (χ3v) is 2.39. The Kier molecular flexibility index (Phi) is 5.61. The number of hydrogen-bond donors (Lipinski definition) is 0. The van der Waals surface area contributed by atoms with Crippen molar-refractivity contribution in [3.8, 4) is 11.5 Å². The maximum Gasteiger partial charge on any atom is 0.128 e. The van der Waals surface area contributed by atoms with Crippen LogP contribution in [0.3, 0.4) is 0 Å². The van der Waals surface area contributed by atoms with E-state index in [1.165, 1.54) is 0 Å². The van der Waals surface area contributed by atoms with Crippen molar-refractivity contribution in [3.05, 3.63) is 59.7 Å². The quantitative estimate of drug-likeness (QED) is 0.710. The zero-order valence-corrected chi connectivity index (χ0v) is 12.2. The summed E-state index contributed by atoms with van der Waals surface area (Å²) in [5.74, 6) is 1.57. The van der Waals surface area contributed by atoms with Gasteiger partial charge in [0, 0.05) is 21.1 Å². The molecule has 2 aromatic carbocycles. The summed E-state index contributed by atoms with van der Waals surface area (Å²) in [6.45, 7) is 0. The molecule has 0 aliphatic rings. The average Bonchev–Trinajstić information content (AvgIpc) is 2.31. The molecule has 0 fully saturated rings. The average molecular weight is 400 g/mol. The first-order valence-corrected chi connectivity index (χ1v) is 5.37. The predicted octanol–water partition coefficient (Wildman–Crippen LogP) is 4.54. The fourth-order valence-corrected chi connectivity index (χ4v) is 1.55. The number of nitrogens with one attached hydrogen (secondary N) is 1. The monoisotopic (exact) mass is 400 g/mol. The first-order chi connectivity index (χ1) is 7.38. The molecule has 0 spiro atoms. The van der Waals surface area contributed by atoms with Gasteiger partial charge in [0.05, 0.1) is 0 Å². The Morgan fingerprint density at radius 2 is 1.56 bits per heavy atom. The summed E-state index contributed by atoms with van der Waals surface area (Å²) < 4.78 is 5.62. The Bertz CT molecular complexity index is 436. The summed E-state index contributed by atoms with van der Waals surface area (Å²) in [4.78, 5) is 0.878. The van der Waals surface area contributed by atoms with Crippen molar-refractivity contribution in [1.82, 2.24) is 0 Å². The van der Waals surface area contributed by atoms with Gasteiger partial charge in [-0.1, -0.05) is 24.3 Å². The first-order valence-electron chi connectivity index (χ1n) is 4.55. The second-order valence-electron chi connectivity index (χ2n) is 2.99. The molecule has 0 unspecified atom stereocenters. The zero-order chi connectivity index (χ0) is 10.5. The predicted molar refractivity (Wildman–Crippen MR) is 63.1 cm³/mol. The van der Waals surface area contributed by atoms with E-state index in [0.29, 0.717) is 0 Å². The molecular weight excluding hydrogens is 390 g/mol. The molecule has 2 rings (SSSR count). The maximum atomic E-state index is 7.18. The van der Waals surface area contributed by atoms with Gasteiger partial charge in [0.1, 0.15) is 11.5 Å². The second kappa shape index (κ2) is 6.74. The minimum Gasteiger partial charge on any atom is -0.617 e. The molecule has 2 aromatic rings. The van der Waals surface area contributed by atoms with Gasteiger partial charge in [0.15, 0.2) is 0 Å². The molecule has 4 heteroatoms. The fourth-order valence-electron chi connectivity index (χ4n) is 1.23. The molecule has 0 atom stereocenters. The van der Waals surface area contributed by atoms with E-state index in [4.69, 9.17) is 9.88 Å². The van der Waals surface area contributed by atoms with Crippen molar-refractivity contribution in [1.29, 1.82) is 0 Å². The molecule has 1 N–H and O–H groups in total. The molecule has 82 valence electrons. The molecule has 0 amide bonds. The van der Waals surface area contributed by atoms with Crippen molar-refractivity contribution < 1.29 is 25.8 Å². The normalized spacial score (nSPS) is 9.31. The largest absolute Gasteiger partial charge is 0.617 e. The van der Waals surface area contributed by atoms with Gasteiger partial charge in [-0.2, -0.15) is 0 Å². The van der Waals surface area contributed by atoms with Crippen LogP contribution in [0.5, 0.6) is 11.5 Å². The molecule has 0 bridgehead atoms. The Morgan fingerprint density at radius 1 is 0.875 bits per heavy atom. The second-order valence-corrected chi connectivity index (χ2v) is 3.67. The van der Waals surface area contributed by atoms with Gasteiger partial charge in [-0.15, -0.1) is 0 Å². The smallest absolute Gasteiger partial charge is 0.128 e. The van der Waals surface area contributed by atoms with Crippen molar-refractivity contribution in [2.75, 3.05) is 0 Å². The molecule has 2 nitrogen and oxygen atoms in total. The Labute approximate surface area is 114 Å². The van der Waals surface area contributed by atoms with E-state index in [0.717, 1.165) is 28.3 Å². The number of hydrogen-bond acceptors (Lipinski definition) is 2. The van der Waals surface area contributed by atoms with Gasteiger partial charge in [-0.25, -0.2) is 0 Å². The van der Waals surface area contributed by atoms with Crippen LogP contribution in [0, 0.1) is 0 Å². The van der Waals surface area contributed by atoms with E-state index in [9.17, 15) is 0 Å². The summed E-state index contributed by atoms with van der Waals surface area (Å²) >= 11 is 0.964. The van der Waals surface area contributed by atoms with E-state index < -0.39 is 0 Å². The minimum absolute atomic E-state index is 0. The summed E-state index contributed by atoms with van der Waals surface area (Å²) in [5, 5.41) is 7.18. The van der Waals surface area contributed by atoms with Crippen LogP contribution in [0.1, 0.15) is 0 Å². The maximum absolute atomic E-state index is 7.18. The van der Waals surface area contributed by atoms with Crippen molar-refractivity contribution in [2.24, 2.45) is 0 Å². The fraction of sp³-hybridized carbons (Fsp3) is 0. The standard InChI is InChI=1S/C12H10NOS.W/c13-15-12-8-4-7-11(9-12)14-10-5-2-1-3-6-10;/h1-9,13H;/q-1;. The zero-order valence-electron chi connectivity index (χ0n) is 8.42. The van der Waals surface area contributed by atoms with E-state index in [1.54, 1.807) is 0 Å². The van der Waals surface area contributed by atoms with Crippen LogP contribution in [-0.4, -0.2) is 0 Å². The summed E-state index contributed by atoms with van der Waals surface area (Å²) in [7, 11) is 0. The number of para-hydroxylation sites is 1. The molecule has 0 radical (unpaired) electrons. The first kappa shape index (κ1) is 13.3. The van der Waals surface area contributed by atoms with E-state index in [1.807, 2.05) is 54.6 Å². The topological polar surface area (TPSA) is 33.0 Å². The van der Waals surface area contributed by atoms with Crippen LogP contribution < -0.4 is 4.74 Å². The molecule has 0 saturated heterocycles. The van der Waals surface area contributed by atoms with Gasteiger partial charge < -0.3 is 9.88 Å². The molecular formula is C12H10NOSW-. The Balaban J connectivity index is 0.00000128. The molecule has 0 heterocycles. The molecule has 0 aliphatic heterocycles.